The predicted octanol–water partition coefficient (Wildman–Crippen LogP) is 3.50. The Morgan fingerprint density at radius 3 is 2.81 bits per heavy atom. The highest BCUT2D eigenvalue weighted by molar-refractivity contribution is 5.63. The lowest BCUT2D eigenvalue weighted by Gasteiger charge is -2.12. The Balaban J connectivity index is 1.81. The topological polar surface area (TPSA) is 59.1 Å². The first-order valence-electron chi connectivity index (χ1n) is 7.35. The molecule has 5 heteroatoms. The van der Waals surface area contributed by atoms with Gasteiger partial charge in [-0.3, -0.25) is 0 Å². The molecular formula is C16H20N4O. The fourth-order valence-corrected chi connectivity index (χ4v) is 2.11. The monoisotopic (exact) mass is 284 g/mol. The number of hydrogen-bond donors (Lipinski definition) is 2. The van der Waals surface area contributed by atoms with Crippen LogP contribution in [0, 0.1) is 6.92 Å². The van der Waals surface area contributed by atoms with Gasteiger partial charge in [0.1, 0.15) is 11.6 Å². The molecule has 21 heavy (non-hydrogen) atoms. The van der Waals surface area contributed by atoms with Crippen molar-refractivity contribution in [3.8, 4) is 5.75 Å². The van der Waals surface area contributed by atoms with E-state index in [4.69, 9.17) is 4.74 Å². The van der Waals surface area contributed by atoms with E-state index in [0.29, 0.717) is 18.6 Å². The fraction of sp³-hybridized carbons (Fsp3) is 0.375. The molecule has 1 aliphatic rings. The maximum Gasteiger partial charge on any atom is 0.229 e. The van der Waals surface area contributed by atoms with Crippen LogP contribution in [0.15, 0.2) is 30.3 Å². The van der Waals surface area contributed by atoms with Crippen molar-refractivity contribution in [1.82, 2.24) is 9.97 Å². The van der Waals surface area contributed by atoms with Crippen LogP contribution >= 0.6 is 0 Å². The van der Waals surface area contributed by atoms with Crippen molar-refractivity contribution in [3.63, 3.8) is 0 Å². The molecule has 3 rings (SSSR count). The average molecular weight is 284 g/mol. The number of ether oxygens (including phenoxy) is 1. The second-order valence-corrected chi connectivity index (χ2v) is 5.19. The number of para-hydroxylation sites is 2. The standard InChI is InChI=1S/C16H20N4O/c1-3-21-14-7-5-4-6-13(14)19-16-17-11(2)10-15(20-16)18-12-8-9-12/h4-7,10,12H,3,8-9H2,1-2H3,(H2,17,18,19,20). The molecule has 0 amide bonds. The molecule has 2 N–H and O–H groups in total. The largest absolute Gasteiger partial charge is 0.492 e. The van der Waals surface area contributed by atoms with Crippen LogP contribution in [0.4, 0.5) is 17.5 Å². The highest BCUT2D eigenvalue weighted by atomic mass is 16.5. The highest BCUT2D eigenvalue weighted by Crippen LogP contribution is 2.28. The Hall–Kier alpha value is -2.30. The minimum atomic E-state index is 0.572. The first-order valence-corrected chi connectivity index (χ1v) is 7.35. The van der Waals surface area contributed by atoms with Crippen molar-refractivity contribution >= 4 is 17.5 Å². The summed E-state index contributed by atoms with van der Waals surface area (Å²) in [6.07, 6.45) is 2.44. The van der Waals surface area contributed by atoms with Crippen LogP contribution in [0.2, 0.25) is 0 Å². The number of nitrogens with zero attached hydrogens (tertiary/aromatic N) is 2. The zero-order valence-corrected chi connectivity index (χ0v) is 12.4. The van der Waals surface area contributed by atoms with Crippen molar-refractivity contribution in [2.75, 3.05) is 17.2 Å². The quantitative estimate of drug-likeness (QED) is 0.850. The molecule has 0 bridgehead atoms. The fourth-order valence-electron chi connectivity index (χ4n) is 2.11. The van der Waals surface area contributed by atoms with Gasteiger partial charge >= 0.3 is 0 Å². The molecule has 0 atom stereocenters. The van der Waals surface area contributed by atoms with Gasteiger partial charge in [0, 0.05) is 17.8 Å². The third kappa shape index (κ3) is 3.62. The summed E-state index contributed by atoms with van der Waals surface area (Å²) in [6, 6.07) is 10.4. The smallest absolute Gasteiger partial charge is 0.229 e. The molecule has 0 spiro atoms. The molecule has 1 saturated carbocycles. The molecule has 110 valence electrons. The summed E-state index contributed by atoms with van der Waals surface area (Å²) in [5.74, 6) is 2.27. The maximum atomic E-state index is 5.61. The van der Waals surface area contributed by atoms with Gasteiger partial charge in [0.2, 0.25) is 5.95 Å². The molecular weight excluding hydrogens is 264 g/mol. The van der Waals surface area contributed by atoms with E-state index in [0.717, 1.165) is 22.9 Å². The lowest BCUT2D eigenvalue weighted by Crippen LogP contribution is -2.07. The maximum absolute atomic E-state index is 5.61. The Labute approximate surface area is 124 Å². The summed E-state index contributed by atoms with van der Waals surface area (Å²) < 4.78 is 5.61. The number of hydrogen-bond acceptors (Lipinski definition) is 5. The SMILES string of the molecule is CCOc1ccccc1Nc1nc(C)cc(NC2CC2)n1. The van der Waals surface area contributed by atoms with E-state index in [9.17, 15) is 0 Å². The van der Waals surface area contributed by atoms with Gasteiger partial charge in [-0.25, -0.2) is 4.98 Å². The molecule has 0 aliphatic heterocycles. The zero-order valence-electron chi connectivity index (χ0n) is 12.4. The van der Waals surface area contributed by atoms with Gasteiger partial charge in [0.25, 0.3) is 0 Å². The normalized spacial score (nSPS) is 13.8. The molecule has 1 aromatic carbocycles. The molecule has 1 aromatic heterocycles. The van der Waals surface area contributed by atoms with Gasteiger partial charge in [0.15, 0.2) is 0 Å². The summed E-state index contributed by atoms with van der Waals surface area (Å²) >= 11 is 0. The van der Waals surface area contributed by atoms with Crippen molar-refractivity contribution in [2.24, 2.45) is 0 Å². The van der Waals surface area contributed by atoms with Gasteiger partial charge in [-0.15, -0.1) is 0 Å². The second-order valence-electron chi connectivity index (χ2n) is 5.19. The van der Waals surface area contributed by atoms with Gasteiger partial charge in [-0.05, 0) is 38.8 Å². The number of aryl methyl sites for hydroxylation is 1. The van der Waals surface area contributed by atoms with Crippen LogP contribution in [-0.2, 0) is 0 Å². The molecule has 0 radical (unpaired) electrons. The minimum absolute atomic E-state index is 0.572. The number of rotatable bonds is 6. The lowest BCUT2D eigenvalue weighted by atomic mass is 10.3. The van der Waals surface area contributed by atoms with E-state index in [1.54, 1.807) is 0 Å². The Bertz CT molecular complexity index is 625. The van der Waals surface area contributed by atoms with Crippen LogP contribution in [0.1, 0.15) is 25.5 Å². The Morgan fingerprint density at radius 1 is 1.24 bits per heavy atom. The van der Waals surface area contributed by atoms with Gasteiger partial charge in [-0.2, -0.15) is 4.98 Å². The van der Waals surface area contributed by atoms with Crippen molar-refractivity contribution in [2.45, 2.75) is 32.7 Å². The third-order valence-electron chi connectivity index (χ3n) is 3.22. The van der Waals surface area contributed by atoms with Crippen molar-refractivity contribution in [3.05, 3.63) is 36.0 Å². The predicted molar refractivity (Wildman–Crippen MR) is 84.3 cm³/mol. The summed E-state index contributed by atoms with van der Waals surface area (Å²) in [7, 11) is 0. The first kappa shape index (κ1) is 13.7. The number of nitrogens with one attached hydrogen (secondary N) is 2. The number of benzene rings is 1. The molecule has 0 saturated heterocycles. The second kappa shape index (κ2) is 5.99. The zero-order chi connectivity index (χ0) is 14.7. The summed E-state index contributed by atoms with van der Waals surface area (Å²) in [4.78, 5) is 8.96. The third-order valence-corrected chi connectivity index (χ3v) is 3.22. The van der Waals surface area contributed by atoms with Gasteiger partial charge in [-0.1, -0.05) is 12.1 Å². The van der Waals surface area contributed by atoms with Crippen LogP contribution < -0.4 is 15.4 Å². The lowest BCUT2D eigenvalue weighted by molar-refractivity contribution is 0.342. The van der Waals surface area contributed by atoms with Crippen molar-refractivity contribution in [1.29, 1.82) is 0 Å². The minimum Gasteiger partial charge on any atom is -0.492 e. The van der Waals surface area contributed by atoms with E-state index in [1.165, 1.54) is 12.8 Å². The average Bonchev–Trinajstić information content (AvgIpc) is 3.24. The van der Waals surface area contributed by atoms with Crippen molar-refractivity contribution < 1.29 is 4.74 Å². The van der Waals surface area contributed by atoms with E-state index in [1.807, 2.05) is 44.2 Å². The summed E-state index contributed by atoms with van der Waals surface area (Å²) in [5, 5.41) is 6.65. The van der Waals surface area contributed by atoms with E-state index >= 15 is 0 Å². The summed E-state index contributed by atoms with van der Waals surface area (Å²) in [6.45, 7) is 4.57. The molecule has 0 unspecified atom stereocenters. The molecule has 1 heterocycles. The molecule has 5 nitrogen and oxygen atoms in total. The van der Waals surface area contributed by atoms with Gasteiger partial charge < -0.3 is 15.4 Å². The highest BCUT2D eigenvalue weighted by Gasteiger charge is 2.21. The van der Waals surface area contributed by atoms with Crippen LogP contribution in [0.5, 0.6) is 5.75 Å². The van der Waals surface area contributed by atoms with Gasteiger partial charge in [0.05, 0.1) is 12.3 Å². The first-order chi connectivity index (χ1) is 10.2. The Kier molecular flexibility index (Phi) is 3.90. The summed E-state index contributed by atoms with van der Waals surface area (Å²) in [5.41, 5.74) is 1.81. The van der Waals surface area contributed by atoms with Crippen LogP contribution in [0.3, 0.4) is 0 Å². The number of aromatic nitrogens is 2. The Morgan fingerprint density at radius 2 is 2.05 bits per heavy atom. The molecule has 1 fully saturated rings. The van der Waals surface area contributed by atoms with Crippen LogP contribution in [0.25, 0.3) is 0 Å². The van der Waals surface area contributed by atoms with E-state index in [2.05, 4.69) is 20.6 Å². The van der Waals surface area contributed by atoms with E-state index in [-0.39, 0.29) is 0 Å². The molecule has 2 aromatic rings. The number of anilines is 3. The van der Waals surface area contributed by atoms with E-state index < -0.39 is 0 Å². The van der Waals surface area contributed by atoms with Crippen LogP contribution in [-0.4, -0.2) is 22.6 Å². The molecule has 1 aliphatic carbocycles.